The summed E-state index contributed by atoms with van der Waals surface area (Å²) in [5.74, 6) is 1.43. The molecule has 2 aliphatic heterocycles. The van der Waals surface area contributed by atoms with Crippen LogP contribution in [0, 0.1) is 11.3 Å². The van der Waals surface area contributed by atoms with E-state index < -0.39 is 0 Å². The zero-order valence-corrected chi connectivity index (χ0v) is 22.0. The van der Waals surface area contributed by atoms with Gasteiger partial charge in [-0.15, -0.1) is 0 Å². The Bertz CT molecular complexity index is 1340. The van der Waals surface area contributed by atoms with Crippen molar-refractivity contribution >= 4 is 17.3 Å². The van der Waals surface area contributed by atoms with Crippen LogP contribution in [0.1, 0.15) is 23.9 Å². The van der Waals surface area contributed by atoms with E-state index in [4.69, 9.17) is 9.72 Å². The van der Waals surface area contributed by atoms with Gasteiger partial charge in [0.25, 0.3) is 0 Å². The molecule has 38 heavy (non-hydrogen) atoms. The SMILES string of the molecule is CCN1CCN(c2ccc(-c3ccnc(Cc4ccc(N5CCNC(=O)C5)c(OC)c4)n3)cc2C#N)CC1. The van der Waals surface area contributed by atoms with Crippen LogP contribution in [0.3, 0.4) is 0 Å². The molecule has 1 amide bonds. The fourth-order valence-electron chi connectivity index (χ4n) is 5.13. The first kappa shape index (κ1) is 25.5. The number of piperazine rings is 2. The van der Waals surface area contributed by atoms with Gasteiger partial charge in [0.2, 0.25) is 5.91 Å². The number of ether oxygens (including phenoxy) is 1. The van der Waals surface area contributed by atoms with Crippen molar-refractivity contribution in [3.8, 4) is 23.1 Å². The molecular formula is C29H33N7O2. The molecular weight excluding hydrogens is 478 g/mol. The first-order valence-electron chi connectivity index (χ1n) is 13.1. The van der Waals surface area contributed by atoms with Crippen LogP contribution >= 0.6 is 0 Å². The van der Waals surface area contributed by atoms with Gasteiger partial charge in [-0.3, -0.25) is 4.79 Å². The topological polar surface area (TPSA) is 97.6 Å². The van der Waals surface area contributed by atoms with E-state index in [1.54, 1.807) is 13.3 Å². The Kier molecular flexibility index (Phi) is 7.70. The van der Waals surface area contributed by atoms with Gasteiger partial charge in [-0.1, -0.05) is 19.1 Å². The molecule has 3 heterocycles. The predicted molar refractivity (Wildman–Crippen MR) is 148 cm³/mol. The Balaban J connectivity index is 1.34. The van der Waals surface area contributed by atoms with Crippen molar-refractivity contribution in [2.24, 2.45) is 0 Å². The lowest BCUT2D eigenvalue weighted by Gasteiger charge is -2.36. The number of hydrogen-bond donors (Lipinski definition) is 1. The van der Waals surface area contributed by atoms with Crippen molar-refractivity contribution in [1.82, 2.24) is 20.2 Å². The molecule has 0 aliphatic carbocycles. The summed E-state index contributed by atoms with van der Waals surface area (Å²) in [6, 6.07) is 16.3. The van der Waals surface area contributed by atoms with Crippen molar-refractivity contribution in [2.45, 2.75) is 13.3 Å². The molecule has 2 aromatic carbocycles. The lowest BCUT2D eigenvalue weighted by Crippen LogP contribution is -2.47. The fraction of sp³-hybridized carbons (Fsp3) is 0.379. The van der Waals surface area contributed by atoms with E-state index in [0.29, 0.717) is 30.9 Å². The Labute approximate surface area is 223 Å². The van der Waals surface area contributed by atoms with E-state index in [-0.39, 0.29) is 5.91 Å². The number of rotatable bonds is 7. The molecule has 0 unspecified atom stereocenters. The molecule has 1 N–H and O–H groups in total. The number of carbonyl (C=O) groups excluding carboxylic acids is 1. The molecule has 0 saturated carbocycles. The van der Waals surface area contributed by atoms with Crippen LogP contribution in [0.5, 0.6) is 5.75 Å². The third-order valence-corrected chi connectivity index (χ3v) is 7.26. The van der Waals surface area contributed by atoms with Gasteiger partial charge in [0, 0.05) is 57.4 Å². The largest absolute Gasteiger partial charge is 0.495 e. The number of anilines is 2. The number of nitrogens with zero attached hydrogens (tertiary/aromatic N) is 6. The van der Waals surface area contributed by atoms with E-state index >= 15 is 0 Å². The van der Waals surface area contributed by atoms with E-state index in [2.05, 4.69) is 33.1 Å². The van der Waals surface area contributed by atoms with Crippen molar-refractivity contribution in [3.05, 3.63) is 65.6 Å². The molecule has 9 heteroatoms. The standard InChI is InChI=1S/C29H33N7O2/c1-3-34-12-14-35(15-13-34)25-7-5-22(18-23(25)19-30)24-8-9-31-28(33-24)17-21-4-6-26(27(16-21)38-2)36-11-10-32-29(37)20-36/h4-9,16,18H,3,10-15,17,20H2,1-2H3,(H,32,37). The zero-order valence-electron chi connectivity index (χ0n) is 22.0. The molecule has 5 rings (SSSR count). The summed E-state index contributed by atoms with van der Waals surface area (Å²) in [6.07, 6.45) is 2.30. The van der Waals surface area contributed by atoms with Crippen LogP contribution in [0.2, 0.25) is 0 Å². The van der Waals surface area contributed by atoms with Gasteiger partial charge >= 0.3 is 0 Å². The molecule has 0 spiro atoms. The summed E-state index contributed by atoms with van der Waals surface area (Å²) in [5, 5.41) is 12.7. The minimum atomic E-state index is 0.0132. The summed E-state index contributed by atoms with van der Waals surface area (Å²) in [5.41, 5.74) is 5.26. The monoisotopic (exact) mass is 511 g/mol. The maximum atomic E-state index is 11.8. The highest BCUT2D eigenvalue weighted by atomic mass is 16.5. The summed E-state index contributed by atoms with van der Waals surface area (Å²) in [6.45, 7) is 8.79. The number of methoxy groups -OCH3 is 1. The van der Waals surface area contributed by atoms with Crippen LogP contribution in [0.4, 0.5) is 11.4 Å². The van der Waals surface area contributed by atoms with Crippen LogP contribution in [0.15, 0.2) is 48.7 Å². The second kappa shape index (κ2) is 11.5. The average Bonchev–Trinajstić information content (AvgIpc) is 2.97. The van der Waals surface area contributed by atoms with Crippen LogP contribution in [-0.2, 0) is 11.2 Å². The van der Waals surface area contributed by atoms with Crippen molar-refractivity contribution < 1.29 is 9.53 Å². The number of aromatic nitrogens is 2. The number of amides is 1. The van der Waals surface area contributed by atoms with E-state index in [9.17, 15) is 10.1 Å². The zero-order chi connectivity index (χ0) is 26.5. The molecule has 2 aliphatic rings. The maximum absolute atomic E-state index is 11.8. The molecule has 196 valence electrons. The number of nitrogens with one attached hydrogen (secondary N) is 1. The molecule has 0 bridgehead atoms. The second-order valence-corrected chi connectivity index (χ2v) is 9.58. The van der Waals surface area contributed by atoms with E-state index in [0.717, 1.165) is 73.2 Å². The first-order valence-corrected chi connectivity index (χ1v) is 13.1. The molecule has 0 radical (unpaired) electrons. The van der Waals surface area contributed by atoms with Gasteiger partial charge in [0.15, 0.2) is 0 Å². The summed E-state index contributed by atoms with van der Waals surface area (Å²) >= 11 is 0. The highest BCUT2D eigenvalue weighted by Crippen LogP contribution is 2.31. The number of likely N-dealkylation sites (N-methyl/N-ethyl adjacent to an activating group) is 1. The third-order valence-electron chi connectivity index (χ3n) is 7.26. The second-order valence-electron chi connectivity index (χ2n) is 9.58. The third kappa shape index (κ3) is 5.55. The van der Waals surface area contributed by atoms with E-state index in [1.807, 2.05) is 47.4 Å². The Hall–Kier alpha value is -4.16. The lowest BCUT2D eigenvalue weighted by molar-refractivity contribution is -0.120. The minimum absolute atomic E-state index is 0.0132. The predicted octanol–water partition coefficient (Wildman–Crippen LogP) is 2.69. The summed E-state index contributed by atoms with van der Waals surface area (Å²) in [7, 11) is 1.64. The van der Waals surface area contributed by atoms with Crippen molar-refractivity contribution in [1.29, 1.82) is 5.26 Å². The van der Waals surface area contributed by atoms with Gasteiger partial charge in [0.05, 0.1) is 36.3 Å². The first-order chi connectivity index (χ1) is 18.6. The molecule has 3 aromatic rings. The highest BCUT2D eigenvalue weighted by molar-refractivity contribution is 5.83. The number of benzene rings is 2. The van der Waals surface area contributed by atoms with Crippen LogP contribution in [-0.4, -0.2) is 80.2 Å². The number of carbonyl (C=O) groups is 1. The molecule has 2 saturated heterocycles. The Morgan fingerprint density at radius 3 is 2.58 bits per heavy atom. The van der Waals surface area contributed by atoms with Gasteiger partial charge in [-0.25, -0.2) is 9.97 Å². The Morgan fingerprint density at radius 1 is 1.03 bits per heavy atom. The summed E-state index contributed by atoms with van der Waals surface area (Å²) < 4.78 is 5.65. The summed E-state index contributed by atoms with van der Waals surface area (Å²) in [4.78, 5) is 27.9. The van der Waals surface area contributed by atoms with Gasteiger partial charge in [-0.2, -0.15) is 5.26 Å². The van der Waals surface area contributed by atoms with Gasteiger partial charge in [-0.05, 0) is 42.4 Å². The fourth-order valence-corrected chi connectivity index (χ4v) is 5.13. The molecule has 2 fully saturated rings. The minimum Gasteiger partial charge on any atom is -0.495 e. The van der Waals surface area contributed by atoms with Crippen LogP contribution in [0.25, 0.3) is 11.3 Å². The van der Waals surface area contributed by atoms with E-state index in [1.165, 1.54) is 0 Å². The smallest absolute Gasteiger partial charge is 0.239 e. The Morgan fingerprint density at radius 2 is 1.84 bits per heavy atom. The van der Waals surface area contributed by atoms with Gasteiger partial charge in [0.1, 0.15) is 17.6 Å². The van der Waals surface area contributed by atoms with Gasteiger partial charge < -0.3 is 24.8 Å². The quantitative estimate of drug-likeness (QED) is 0.517. The molecule has 0 atom stereocenters. The molecule has 1 aromatic heterocycles. The highest BCUT2D eigenvalue weighted by Gasteiger charge is 2.21. The van der Waals surface area contributed by atoms with Crippen molar-refractivity contribution in [3.63, 3.8) is 0 Å². The lowest BCUT2D eigenvalue weighted by atomic mass is 10.0. The molecule has 9 nitrogen and oxygen atoms in total. The normalized spacial score (nSPS) is 16.2. The van der Waals surface area contributed by atoms with Crippen molar-refractivity contribution in [2.75, 3.05) is 69.3 Å². The van der Waals surface area contributed by atoms with Crippen LogP contribution < -0.4 is 19.9 Å². The average molecular weight is 512 g/mol. The number of hydrogen-bond acceptors (Lipinski definition) is 8. The maximum Gasteiger partial charge on any atom is 0.239 e. The number of nitriles is 1.